The second-order valence-electron chi connectivity index (χ2n) is 6.11. The van der Waals surface area contributed by atoms with Crippen molar-refractivity contribution < 1.29 is 9.59 Å². The maximum Gasteiger partial charge on any atom is 0.262 e. The molecule has 0 fully saturated rings. The van der Waals surface area contributed by atoms with Crippen LogP contribution in [-0.2, 0) is 9.59 Å². The molecule has 0 N–H and O–H groups in total. The Morgan fingerprint density at radius 1 is 1.31 bits per heavy atom. The Morgan fingerprint density at radius 3 is 2.73 bits per heavy atom. The van der Waals surface area contributed by atoms with Crippen LogP contribution in [0.15, 0.2) is 46.9 Å². The lowest BCUT2D eigenvalue weighted by molar-refractivity contribution is -0.140. The minimum absolute atomic E-state index is 0.00511. The van der Waals surface area contributed by atoms with Crippen molar-refractivity contribution in [2.75, 3.05) is 13.6 Å². The van der Waals surface area contributed by atoms with Gasteiger partial charge in [-0.3, -0.25) is 9.59 Å². The van der Waals surface area contributed by atoms with Gasteiger partial charge in [0.25, 0.3) is 5.91 Å². The van der Waals surface area contributed by atoms with E-state index in [0.29, 0.717) is 17.9 Å². The van der Waals surface area contributed by atoms with Crippen molar-refractivity contribution in [3.63, 3.8) is 0 Å². The van der Waals surface area contributed by atoms with Crippen molar-refractivity contribution in [2.24, 2.45) is 5.10 Å². The molecule has 3 rings (SSSR count). The molecule has 0 saturated carbocycles. The van der Waals surface area contributed by atoms with E-state index in [1.54, 1.807) is 25.3 Å². The molecule has 0 radical (unpaired) electrons. The molecular weight excluding hydrogens is 370 g/mol. The summed E-state index contributed by atoms with van der Waals surface area (Å²) in [4.78, 5) is 27.2. The summed E-state index contributed by atoms with van der Waals surface area (Å²) in [6.07, 6.45) is 0.961. The van der Waals surface area contributed by atoms with Gasteiger partial charge >= 0.3 is 0 Å². The largest absolute Gasteiger partial charge is 0.336 e. The summed E-state index contributed by atoms with van der Waals surface area (Å²) in [5.74, 6) is -0.292. The van der Waals surface area contributed by atoms with Crippen molar-refractivity contribution in [1.29, 1.82) is 0 Å². The van der Waals surface area contributed by atoms with E-state index >= 15 is 0 Å². The van der Waals surface area contributed by atoms with Crippen molar-refractivity contribution >= 4 is 40.5 Å². The summed E-state index contributed by atoms with van der Waals surface area (Å²) in [5, 5.41) is 8.66. The molecule has 0 spiro atoms. The van der Waals surface area contributed by atoms with Gasteiger partial charge in [-0.15, -0.1) is 11.3 Å². The van der Waals surface area contributed by atoms with Gasteiger partial charge in [-0.05, 0) is 23.1 Å². The summed E-state index contributed by atoms with van der Waals surface area (Å²) in [6, 6.07) is 11.2. The maximum atomic E-state index is 12.9. The van der Waals surface area contributed by atoms with E-state index in [1.165, 1.54) is 9.91 Å². The monoisotopic (exact) mass is 389 g/mol. The molecule has 1 aromatic carbocycles. The molecule has 136 valence electrons. The standard InChI is InChI=1S/C19H20ClN3O2S/c1-3-18(24)22(2)12-19(25)23-16(13-7-4-5-8-14(13)20)11-15(21-23)17-9-6-10-26-17/h4-10,16H,3,11-12H2,1-2H3/t16-/m0/s1. The fourth-order valence-electron chi connectivity index (χ4n) is 2.95. The van der Waals surface area contributed by atoms with Crippen LogP contribution in [0.25, 0.3) is 0 Å². The number of amides is 2. The lowest BCUT2D eigenvalue weighted by Gasteiger charge is -2.25. The second kappa shape index (κ2) is 8.01. The first kappa shape index (κ1) is 18.6. The highest BCUT2D eigenvalue weighted by atomic mass is 35.5. The molecule has 1 aromatic heterocycles. The van der Waals surface area contributed by atoms with E-state index in [0.717, 1.165) is 16.2 Å². The molecule has 26 heavy (non-hydrogen) atoms. The fraction of sp³-hybridized carbons (Fsp3) is 0.316. The highest BCUT2D eigenvalue weighted by Gasteiger charge is 2.35. The molecular formula is C19H20ClN3O2S. The number of likely N-dealkylation sites (N-methyl/N-ethyl adjacent to an activating group) is 1. The zero-order valence-corrected chi connectivity index (χ0v) is 16.3. The zero-order chi connectivity index (χ0) is 18.7. The smallest absolute Gasteiger partial charge is 0.262 e. The minimum Gasteiger partial charge on any atom is -0.336 e. The molecule has 1 atom stereocenters. The highest BCUT2D eigenvalue weighted by molar-refractivity contribution is 7.12. The number of rotatable bonds is 5. The molecule has 0 aliphatic carbocycles. The molecule has 0 saturated heterocycles. The van der Waals surface area contributed by atoms with E-state index in [2.05, 4.69) is 5.10 Å². The summed E-state index contributed by atoms with van der Waals surface area (Å²) < 4.78 is 0. The average molecular weight is 390 g/mol. The van der Waals surface area contributed by atoms with Crippen LogP contribution >= 0.6 is 22.9 Å². The number of carbonyl (C=O) groups excluding carboxylic acids is 2. The van der Waals surface area contributed by atoms with Crippen LogP contribution in [0.1, 0.15) is 36.2 Å². The topological polar surface area (TPSA) is 53.0 Å². The molecule has 5 nitrogen and oxygen atoms in total. The number of benzene rings is 1. The lowest BCUT2D eigenvalue weighted by Crippen LogP contribution is -2.39. The van der Waals surface area contributed by atoms with Gasteiger partial charge in [0.2, 0.25) is 5.91 Å². The molecule has 0 unspecified atom stereocenters. The lowest BCUT2D eigenvalue weighted by atomic mass is 10.0. The molecule has 2 amide bonds. The Balaban J connectivity index is 1.90. The van der Waals surface area contributed by atoms with Gasteiger partial charge in [-0.1, -0.05) is 42.8 Å². The highest BCUT2D eigenvalue weighted by Crippen LogP contribution is 2.36. The van der Waals surface area contributed by atoms with E-state index in [9.17, 15) is 9.59 Å². The third-order valence-corrected chi connectivity index (χ3v) is 5.60. The second-order valence-corrected chi connectivity index (χ2v) is 7.46. The van der Waals surface area contributed by atoms with Crippen LogP contribution in [0.3, 0.4) is 0 Å². The van der Waals surface area contributed by atoms with E-state index in [1.807, 2.05) is 41.8 Å². The van der Waals surface area contributed by atoms with E-state index in [-0.39, 0.29) is 24.4 Å². The number of nitrogens with zero attached hydrogens (tertiary/aromatic N) is 3. The molecule has 1 aliphatic heterocycles. The third-order valence-electron chi connectivity index (χ3n) is 4.34. The first-order valence-corrected chi connectivity index (χ1v) is 9.68. The molecule has 2 aromatic rings. The zero-order valence-electron chi connectivity index (χ0n) is 14.7. The summed E-state index contributed by atoms with van der Waals surface area (Å²) in [7, 11) is 1.63. The molecule has 1 aliphatic rings. The maximum absolute atomic E-state index is 12.9. The van der Waals surface area contributed by atoms with E-state index in [4.69, 9.17) is 11.6 Å². The first-order valence-electron chi connectivity index (χ1n) is 8.43. The van der Waals surface area contributed by atoms with Crippen LogP contribution in [0.5, 0.6) is 0 Å². The number of hydrogen-bond donors (Lipinski definition) is 0. The quantitative estimate of drug-likeness (QED) is 0.777. The first-order chi connectivity index (χ1) is 12.5. The third kappa shape index (κ3) is 3.81. The Bertz CT molecular complexity index is 835. The minimum atomic E-state index is -0.265. The predicted octanol–water partition coefficient (Wildman–Crippen LogP) is 3.95. The molecule has 0 bridgehead atoms. The Hall–Kier alpha value is -2.18. The van der Waals surface area contributed by atoms with Gasteiger partial charge < -0.3 is 4.90 Å². The number of carbonyl (C=O) groups is 2. The van der Waals surface area contributed by atoms with Gasteiger partial charge in [-0.2, -0.15) is 5.10 Å². The van der Waals surface area contributed by atoms with Crippen molar-refractivity contribution in [2.45, 2.75) is 25.8 Å². The van der Waals surface area contributed by atoms with Crippen LogP contribution < -0.4 is 0 Å². The van der Waals surface area contributed by atoms with Crippen molar-refractivity contribution in [3.8, 4) is 0 Å². The Kier molecular flexibility index (Phi) is 5.74. The van der Waals surface area contributed by atoms with E-state index < -0.39 is 0 Å². The van der Waals surface area contributed by atoms with Gasteiger partial charge in [0.05, 0.1) is 16.6 Å². The number of thiophene rings is 1. The molecule has 2 heterocycles. The number of hydrazone groups is 1. The Labute approximate surface area is 161 Å². The summed E-state index contributed by atoms with van der Waals surface area (Å²) >= 11 is 7.97. The van der Waals surface area contributed by atoms with Gasteiger partial charge in [-0.25, -0.2) is 5.01 Å². The Morgan fingerprint density at radius 2 is 2.08 bits per heavy atom. The normalized spacial score (nSPS) is 16.5. The van der Waals surface area contributed by atoms with Crippen molar-refractivity contribution in [1.82, 2.24) is 9.91 Å². The SMILES string of the molecule is CCC(=O)N(C)CC(=O)N1N=C(c2cccs2)C[C@H]1c1ccccc1Cl. The van der Waals surface area contributed by atoms with Crippen LogP contribution in [-0.4, -0.2) is 41.0 Å². The van der Waals surface area contributed by atoms with Crippen LogP contribution in [0, 0.1) is 0 Å². The van der Waals surface area contributed by atoms with Gasteiger partial charge in [0, 0.05) is 24.9 Å². The average Bonchev–Trinajstić information content (AvgIpc) is 3.30. The van der Waals surface area contributed by atoms with Gasteiger partial charge in [0.15, 0.2) is 0 Å². The predicted molar refractivity (Wildman–Crippen MR) is 104 cm³/mol. The number of hydrogen-bond acceptors (Lipinski definition) is 4. The van der Waals surface area contributed by atoms with Crippen molar-refractivity contribution in [3.05, 3.63) is 57.2 Å². The van der Waals surface area contributed by atoms with Gasteiger partial charge in [0.1, 0.15) is 6.54 Å². The summed E-state index contributed by atoms with van der Waals surface area (Å²) in [6.45, 7) is 1.77. The molecule has 7 heteroatoms. The van der Waals surface area contributed by atoms with Crippen LogP contribution in [0.2, 0.25) is 5.02 Å². The fourth-order valence-corrected chi connectivity index (χ4v) is 3.94. The van der Waals surface area contributed by atoms with Crippen LogP contribution in [0.4, 0.5) is 0 Å². The number of halogens is 1. The summed E-state index contributed by atoms with van der Waals surface area (Å²) in [5.41, 5.74) is 1.73.